The average molecular weight is 138 g/mol. The lowest BCUT2D eigenvalue weighted by Gasteiger charge is -2.07. The van der Waals surface area contributed by atoms with E-state index in [1.165, 1.54) is 6.92 Å². The first-order chi connectivity index (χ1) is 3.55. The minimum atomic E-state index is -0.948. The van der Waals surface area contributed by atoms with Crippen molar-refractivity contribution in [3.63, 3.8) is 0 Å². The Balaban J connectivity index is 3.64. The van der Waals surface area contributed by atoms with Gasteiger partial charge in [0.1, 0.15) is 6.04 Å². The summed E-state index contributed by atoms with van der Waals surface area (Å²) in [7, 11) is 0. The third kappa shape index (κ3) is 2.26. The number of carbonyl (C=O) groups is 1. The molecule has 0 saturated heterocycles. The summed E-state index contributed by atoms with van der Waals surface area (Å²) in [6, 6.07) is -0.948. The van der Waals surface area contributed by atoms with Crippen molar-refractivity contribution in [1.29, 1.82) is 0 Å². The summed E-state index contributed by atoms with van der Waals surface area (Å²) in [5, 5.41) is 7.85. The Labute approximate surface area is 52.4 Å². The van der Waals surface area contributed by atoms with Crippen molar-refractivity contribution < 1.29 is 9.90 Å². The van der Waals surface area contributed by atoms with Gasteiger partial charge in [-0.3, -0.25) is 4.79 Å². The molecule has 0 radical (unpaired) electrons. The molecule has 0 amide bonds. The largest absolute Gasteiger partial charge is 0.391 e. The lowest BCUT2D eigenvalue weighted by Crippen LogP contribution is -2.37. The van der Waals surface area contributed by atoms with E-state index in [-0.39, 0.29) is 0 Å². The first-order valence-corrected chi connectivity index (χ1v) is 2.56. The zero-order chi connectivity index (χ0) is 6.73. The SMILES string of the molecule is C[C@@H](O)[C@H](N)C(=O)Cl. The van der Waals surface area contributed by atoms with Crippen molar-refractivity contribution in [2.75, 3.05) is 0 Å². The highest BCUT2D eigenvalue weighted by Crippen LogP contribution is 1.92. The number of halogens is 1. The van der Waals surface area contributed by atoms with Crippen molar-refractivity contribution in [1.82, 2.24) is 0 Å². The second-order valence-corrected chi connectivity index (χ2v) is 1.94. The maximum absolute atomic E-state index is 10.1. The van der Waals surface area contributed by atoms with Gasteiger partial charge in [-0.1, -0.05) is 0 Å². The second kappa shape index (κ2) is 3.02. The molecule has 0 aliphatic rings. The molecule has 0 aliphatic carbocycles. The van der Waals surface area contributed by atoms with Gasteiger partial charge in [-0.15, -0.1) is 0 Å². The van der Waals surface area contributed by atoms with Gasteiger partial charge in [0.25, 0.3) is 0 Å². The van der Waals surface area contributed by atoms with Crippen molar-refractivity contribution in [2.24, 2.45) is 5.73 Å². The molecule has 0 rings (SSSR count). The zero-order valence-electron chi connectivity index (χ0n) is 4.47. The van der Waals surface area contributed by atoms with E-state index in [1.807, 2.05) is 0 Å². The van der Waals surface area contributed by atoms with E-state index < -0.39 is 17.4 Å². The number of carbonyl (C=O) groups excluding carboxylic acids is 1. The van der Waals surface area contributed by atoms with Crippen LogP contribution in [-0.2, 0) is 4.79 Å². The van der Waals surface area contributed by atoms with Crippen LogP contribution in [0.25, 0.3) is 0 Å². The fourth-order valence-electron chi connectivity index (χ4n) is 0.190. The number of hydrogen-bond acceptors (Lipinski definition) is 3. The van der Waals surface area contributed by atoms with Gasteiger partial charge in [-0.25, -0.2) is 0 Å². The Kier molecular flexibility index (Phi) is 2.97. The minimum absolute atomic E-state index is 0.708. The average Bonchev–Trinajstić information content (AvgIpc) is 1.64. The Morgan fingerprint density at radius 3 is 2.25 bits per heavy atom. The molecule has 48 valence electrons. The van der Waals surface area contributed by atoms with E-state index in [4.69, 9.17) is 22.4 Å². The van der Waals surface area contributed by atoms with E-state index in [9.17, 15) is 4.79 Å². The summed E-state index contributed by atoms with van der Waals surface area (Å²) in [6.45, 7) is 1.41. The van der Waals surface area contributed by atoms with Crippen LogP contribution in [0.2, 0.25) is 0 Å². The van der Waals surface area contributed by atoms with Gasteiger partial charge in [0.05, 0.1) is 6.10 Å². The van der Waals surface area contributed by atoms with Crippen LogP contribution in [0.5, 0.6) is 0 Å². The summed E-state index contributed by atoms with van der Waals surface area (Å²) >= 11 is 4.90. The first-order valence-electron chi connectivity index (χ1n) is 2.18. The van der Waals surface area contributed by atoms with Crippen LogP contribution in [0.3, 0.4) is 0 Å². The van der Waals surface area contributed by atoms with Crippen molar-refractivity contribution in [3.05, 3.63) is 0 Å². The van der Waals surface area contributed by atoms with Crippen LogP contribution < -0.4 is 5.73 Å². The highest BCUT2D eigenvalue weighted by molar-refractivity contribution is 6.64. The number of aliphatic hydroxyl groups is 1. The fraction of sp³-hybridized carbons (Fsp3) is 0.750. The summed E-state index contributed by atoms with van der Waals surface area (Å²) in [4.78, 5) is 10.1. The van der Waals surface area contributed by atoms with Crippen molar-refractivity contribution in [2.45, 2.75) is 19.1 Å². The molecule has 0 aromatic rings. The molecule has 0 heterocycles. The molecule has 0 unspecified atom stereocenters. The van der Waals surface area contributed by atoms with Crippen molar-refractivity contribution in [3.8, 4) is 0 Å². The van der Waals surface area contributed by atoms with Gasteiger partial charge in [-0.2, -0.15) is 0 Å². The molecule has 4 heteroatoms. The van der Waals surface area contributed by atoms with E-state index in [0.29, 0.717) is 0 Å². The standard InChI is InChI=1S/C4H8ClNO2/c1-2(7)3(6)4(5)8/h2-3,7H,6H2,1H3/t2-,3+/m1/s1. The van der Waals surface area contributed by atoms with Gasteiger partial charge in [0.15, 0.2) is 0 Å². The lowest BCUT2D eigenvalue weighted by molar-refractivity contribution is -0.114. The number of hydrogen-bond donors (Lipinski definition) is 2. The second-order valence-electron chi connectivity index (χ2n) is 1.57. The molecular formula is C4H8ClNO2. The molecule has 0 aromatic carbocycles. The molecule has 3 nitrogen and oxygen atoms in total. The maximum atomic E-state index is 10.1. The highest BCUT2D eigenvalue weighted by Gasteiger charge is 2.15. The van der Waals surface area contributed by atoms with E-state index >= 15 is 0 Å². The van der Waals surface area contributed by atoms with E-state index in [0.717, 1.165) is 0 Å². The zero-order valence-corrected chi connectivity index (χ0v) is 5.22. The number of nitrogens with two attached hydrogens (primary N) is 1. The number of rotatable bonds is 2. The molecule has 0 spiro atoms. The summed E-state index contributed by atoms with van der Waals surface area (Å²) < 4.78 is 0. The summed E-state index contributed by atoms with van der Waals surface area (Å²) in [5.41, 5.74) is 5.03. The molecule has 0 saturated carbocycles. The third-order valence-electron chi connectivity index (χ3n) is 0.782. The maximum Gasteiger partial charge on any atom is 0.241 e. The summed E-state index contributed by atoms with van der Waals surface area (Å²) in [6.07, 6.45) is -0.861. The normalized spacial score (nSPS) is 17.5. The molecule has 0 aromatic heterocycles. The van der Waals surface area contributed by atoms with Gasteiger partial charge in [0.2, 0.25) is 5.24 Å². The van der Waals surface area contributed by atoms with E-state index in [1.54, 1.807) is 0 Å². The van der Waals surface area contributed by atoms with Gasteiger partial charge in [0, 0.05) is 0 Å². The van der Waals surface area contributed by atoms with Crippen LogP contribution in [0, 0.1) is 0 Å². The monoisotopic (exact) mass is 137 g/mol. The Bertz CT molecular complexity index is 94.0. The quantitative estimate of drug-likeness (QED) is 0.503. The molecule has 0 bridgehead atoms. The van der Waals surface area contributed by atoms with Gasteiger partial charge in [-0.05, 0) is 18.5 Å². The van der Waals surface area contributed by atoms with Crippen LogP contribution in [0.15, 0.2) is 0 Å². The predicted molar refractivity (Wildman–Crippen MR) is 30.5 cm³/mol. The van der Waals surface area contributed by atoms with Gasteiger partial charge >= 0.3 is 0 Å². The molecule has 2 atom stereocenters. The predicted octanol–water partition coefficient (Wildman–Crippen LogP) is -0.540. The van der Waals surface area contributed by atoms with Crippen LogP contribution in [0.4, 0.5) is 0 Å². The first kappa shape index (κ1) is 7.88. The molecular weight excluding hydrogens is 130 g/mol. The van der Waals surface area contributed by atoms with Crippen LogP contribution in [-0.4, -0.2) is 22.5 Å². The minimum Gasteiger partial charge on any atom is -0.391 e. The van der Waals surface area contributed by atoms with E-state index in [2.05, 4.69) is 0 Å². The topological polar surface area (TPSA) is 63.3 Å². The Morgan fingerprint density at radius 2 is 2.25 bits per heavy atom. The number of aliphatic hydroxyl groups excluding tert-OH is 1. The fourth-order valence-corrected chi connectivity index (χ4v) is 0.372. The summed E-state index contributed by atoms with van der Waals surface area (Å²) in [5.74, 6) is 0. The molecule has 8 heavy (non-hydrogen) atoms. The van der Waals surface area contributed by atoms with Crippen LogP contribution in [0.1, 0.15) is 6.92 Å². The molecule has 0 aliphatic heterocycles. The third-order valence-corrected chi connectivity index (χ3v) is 1.03. The van der Waals surface area contributed by atoms with Crippen molar-refractivity contribution >= 4 is 16.8 Å². The lowest BCUT2D eigenvalue weighted by atomic mass is 10.2. The smallest absolute Gasteiger partial charge is 0.241 e. The highest BCUT2D eigenvalue weighted by atomic mass is 35.5. The molecule has 0 fully saturated rings. The Hall–Kier alpha value is -0.120. The Morgan fingerprint density at radius 1 is 1.88 bits per heavy atom. The molecule has 3 N–H and O–H groups in total. The van der Waals surface area contributed by atoms with Crippen LogP contribution >= 0.6 is 11.6 Å². The van der Waals surface area contributed by atoms with Gasteiger partial charge < -0.3 is 10.8 Å².